The van der Waals surface area contributed by atoms with E-state index in [-0.39, 0.29) is 11.9 Å². The van der Waals surface area contributed by atoms with Gasteiger partial charge in [0, 0.05) is 0 Å². The fourth-order valence-electron chi connectivity index (χ4n) is 1.87. The Bertz CT molecular complexity index is 403. The number of rotatable bonds is 4. The third-order valence-corrected chi connectivity index (χ3v) is 3.18. The lowest BCUT2D eigenvalue weighted by Crippen LogP contribution is -2.33. The summed E-state index contributed by atoms with van der Waals surface area (Å²) >= 11 is 0. The second-order valence-electron chi connectivity index (χ2n) is 5.17. The second-order valence-corrected chi connectivity index (χ2v) is 5.17. The van der Waals surface area contributed by atoms with Gasteiger partial charge in [0.2, 0.25) is 0 Å². The van der Waals surface area contributed by atoms with Crippen LogP contribution in [0.1, 0.15) is 31.9 Å². The molecule has 0 saturated heterocycles. The normalized spacial score (nSPS) is 14.4. The maximum Gasteiger partial charge on any atom is 0.316 e. The van der Waals surface area contributed by atoms with Gasteiger partial charge in [0.05, 0.1) is 12.0 Å². The predicted molar refractivity (Wildman–Crippen MR) is 71.6 cm³/mol. The third-order valence-electron chi connectivity index (χ3n) is 3.18. The molecule has 0 amide bonds. The molecule has 1 N–H and O–H groups in total. The van der Waals surface area contributed by atoms with Gasteiger partial charge in [0.15, 0.2) is 0 Å². The fourth-order valence-corrected chi connectivity index (χ4v) is 1.87. The highest BCUT2D eigenvalue weighted by Gasteiger charge is 2.26. The van der Waals surface area contributed by atoms with E-state index in [0.717, 1.165) is 11.1 Å². The van der Waals surface area contributed by atoms with Gasteiger partial charge in [0.1, 0.15) is 5.75 Å². The summed E-state index contributed by atoms with van der Waals surface area (Å²) in [5, 5.41) is 9.88. The Balaban J connectivity index is 2.82. The van der Waals surface area contributed by atoms with E-state index >= 15 is 0 Å². The Morgan fingerprint density at radius 1 is 1.17 bits per heavy atom. The summed E-state index contributed by atoms with van der Waals surface area (Å²) in [6, 6.07) is 5.73. The predicted octanol–water partition coefficient (Wildman–Crippen LogP) is 2.86. The smallest absolute Gasteiger partial charge is 0.316 e. The molecule has 3 nitrogen and oxygen atoms in total. The fraction of sp³-hybridized carbons (Fsp3) is 0.533. The molecule has 1 aromatic carbocycles. The minimum atomic E-state index is -0.679. The Labute approximate surface area is 109 Å². The van der Waals surface area contributed by atoms with Gasteiger partial charge in [-0.2, -0.15) is 0 Å². The average molecular weight is 250 g/mol. The molecule has 0 unspecified atom stereocenters. The molecule has 3 heteroatoms. The van der Waals surface area contributed by atoms with Crippen LogP contribution in [-0.4, -0.2) is 17.2 Å². The molecular weight excluding hydrogens is 228 g/mol. The summed E-state index contributed by atoms with van der Waals surface area (Å²) in [7, 11) is 0. The summed E-state index contributed by atoms with van der Waals surface area (Å²) in [5.74, 6) is -0.270. The van der Waals surface area contributed by atoms with Crippen LogP contribution in [0.3, 0.4) is 0 Å². The molecule has 0 aliphatic heterocycles. The maximum atomic E-state index is 12.0. The maximum absolute atomic E-state index is 12.0. The van der Waals surface area contributed by atoms with E-state index in [9.17, 15) is 9.90 Å². The molecule has 0 fully saturated rings. The van der Waals surface area contributed by atoms with Crippen LogP contribution < -0.4 is 4.74 Å². The second kappa shape index (κ2) is 6.01. The van der Waals surface area contributed by atoms with Crippen molar-refractivity contribution >= 4 is 5.97 Å². The first-order chi connectivity index (χ1) is 8.34. The molecule has 0 radical (unpaired) electrons. The topological polar surface area (TPSA) is 46.5 Å². The molecule has 2 atom stereocenters. The van der Waals surface area contributed by atoms with Gasteiger partial charge < -0.3 is 9.84 Å². The van der Waals surface area contributed by atoms with Gasteiger partial charge in [-0.25, -0.2) is 0 Å². The molecule has 1 aromatic rings. The summed E-state index contributed by atoms with van der Waals surface area (Å²) in [6.45, 7) is 9.26. The zero-order chi connectivity index (χ0) is 13.9. The van der Waals surface area contributed by atoms with Crippen molar-refractivity contribution in [1.82, 2.24) is 0 Å². The zero-order valence-electron chi connectivity index (χ0n) is 11.7. The van der Waals surface area contributed by atoms with Crippen LogP contribution in [0.25, 0.3) is 0 Å². The van der Waals surface area contributed by atoms with Gasteiger partial charge >= 0.3 is 5.97 Å². The zero-order valence-corrected chi connectivity index (χ0v) is 11.7. The third kappa shape index (κ3) is 3.33. The van der Waals surface area contributed by atoms with Gasteiger partial charge in [-0.3, -0.25) is 4.79 Å². The van der Waals surface area contributed by atoms with Gasteiger partial charge in [-0.05, 0) is 37.8 Å². The van der Waals surface area contributed by atoms with E-state index in [1.54, 1.807) is 6.92 Å². The Hall–Kier alpha value is -1.35. The molecule has 0 aliphatic rings. The number of benzene rings is 1. The lowest BCUT2D eigenvalue weighted by molar-refractivity contribution is -0.143. The van der Waals surface area contributed by atoms with Crippen molar-refractivity contribution in [3.05, 3.63) is 29.3 Å². The number of hydrogen-bond acceptors (Lipinski definition) is 3. The molecule has 18 heavy (non-hydrogen) atoms. The van der Waals surface area contributed by atoms with E-state index in [0.29, 0.717) is 5.75 Å². The Morgan fingerprint density at radius 3 is 2.11 bits per heavy atom. The molecule has 100 valence electrons. The first-order valence-electron chi connectivity index (χ1n) is 6.30. The highest BCUT2D eigenvalue weighted by atomic mass is 16.5. The summed E-state index contributed by atoms with van der Waals surface area (Å²) in [5.41, 5.74) is 1.85. The standard InChI is InChI=1S/C15H22O3/c1-9(2)13(16)12(5)15(17)18-14-10(3)7-6-8-11(14)4/h6-9,12-13,16H,1-5H3/t12-,13-/m0/s1. The molecular formula is C15H22O3. The first kappa shape index (κ1) is 14.7. The lowest BCUT2D eigenvalue weighted by atomic mass is 9.95. The number of aliphatic hydroxyl groups is 1. The number of ether oxygens (including phenoxy) is 1. The highest BCUT2D eigenvalue weighted by molar-refractivity contribution is 5.76. The van der Waals surface area contributed by atoms with Crippen molar-refractivity contribution in [3.8, 4) is 5.75 Å². The molecule has 1 rings (SSSR count). The van der Waals surface area contributed by atoms with Gasteiger partial charge in [-0.15, -0.1) is 0 Å². The van der Waals surface area contributed by atoms with E-state index in [4.69, 9.17) is 4.74 Å². The van der Waals surface area contributed by atoms with Gasteiger partial charge in [0.25, 0.3) is 0 Å². The number of para-hydroxylation sites is 1. The van der Waals surface area contributed by atoms with Crippen molar-refractivity contribution in [2.45, 2.75) is 40.7 Å². The molecule has 0 saturated carbocycles. The van der Waals surface area contributed by atoms with Crippen LogP contribution in [-0.2, 0) is 4.79 Å². The Morgan fingerprint density at radius 2 is 1.67 bits per heavy atom. The SMILES string of the molecule is Cc1cccc(C)c1OC(=O)[C@@H](C)[C@@H](O)C(C)C. The van der Waals surface area contributed by atoms with Crippen molar-refractivity contribution in [3.63, 3.8) is 0 Å². The minimum absolute atomic E-state index is 0.0329. The van der Waals surface area contributed by atoms with Crippen molar-refractivity contribution < 1.29 is 14.6 Å². The molecule has 0 heterocycles. The molecule has 0 spiro atoms. The van der Waals surface area contributed by atoms with Crippen LogP contribution in [0.2, 0.25) is 0 Å². The van der Waals surface area contributed by atoms with E-state index in [1.165, 1.54) is 0 Å². The average Bonchev–Trinajstić information content (AvgIpc) is 2.31. The van der Waals surface area contributed by atoms with Crippen molar-refractivity contribution in [2.75, 3.05) is 0 Å². The molecule has 0 aromatic heterocycles. The highest BCUT2D eigenvalue weighted by Crippen LogP contribution is 2.24. The van der Waals surface area contributed by atoms with E-state index < -0.39 is 12.0 Å². The quantitative estimate of drug-likeness (QED) is 0.660. The minimum Gasteiger partial charge on any atom is -0.426 e. The number of esters is 1. The lowest BCUT2D eigenvalue weighted by Gasteiger charge is -2.21. The molecule has 0 aliphatic carbocycles. The van der Waals surface area contributed by atoms with Crippen molar-refractivity contribution in [1.29, 1.82) is 0 Å². The molecule has 0 bridgehead atoms. The number of carbonyl (C=O) groups excluding carboxylic acids is 1. The number of aliphatic hydroxyl groups excluding tert-OH is 1. The summed E-state index contributed by atoms with van der Waals surface area (Å²) in [6.07, 6.45) is -0.679. The summed E-state index contributed by atoms with van der Waals surface area (Å²) < 4.78 is 5.41. The van der Waals surface area contributed by atoms with E-state index in [2.05, 4.69) is 0 Å². The van der Waals surface area contributed by atoms with Crippen molar-refractivity contribution in [2.24, 2.45) is 11.8 Å². The Kier molecular flexibility index (Phi) is 4.91. The largest absolute Gasteiger partial charge is 0.426 e. The van der Waals surface area contributed by atoms with Gasteiger partial charge in [-0.1, -0.05) is 32.0 Å². The van der Waals surface area contributed by atoms with Crippen LogP contribution in [0.4, 0.5) is 0 Å². The van der Waals surface area contributed by atoms with E-state index in [1.807, 2.05) is 45.9 Å². The van der Waals surface area contributed by atoms with Crippen LogP contribution >= 0.6 is 0 Å². The van der Waals surface area contributed by atoms with Crippen LogP contribution in [0.5, 0.6) is 5.75 Å². The van der Waals surface area contributed by atoms with Crippen LogP contribution in [0.15, 0.2) is 18.2 Å². The number of aryl methyl sites for hydroxylation is 2. The number of hydrogen-bond donors (Lipinski definition) is 1. The number of carbonyl (C=O) groups is 1. The summed E-state index contributed by atoms with van der Waals surface area (Å²) in [4.78, 5) is 12.0. The monoisotopic (exact) mass is 250 g/mol. The first-order valence-corrected chi connectivity index (χ1v) is 6.30. The van der Waals surface area contributed by atoms with Crippen LogP contribution in [0, 0.1) is 25.7 Å².